The molecule has 0 aromatic heterocycles. The third kappa shape index (κ3) is 2.52. The van der Waals surface area contributed by atoms with Crippen molar-refractivity contribution in [1.29, 1.82) is 0 Å². The summed E-state index contributed by atoms with van der Waals surface area (Å²) in [5.74, 6) is 0.979. The molecule has 0 aliphatic carbocycles. The summed E-state index contributed by atoms with van der Waals surface area (Å²) in [6.07, 6.45) is 0.919. The number of nitrogens with two attached hydrogens (primary N) is 1. The van der Waals surface area contributed by atoms with Crippen LogP contribution in [-0.4, -0.2) is 25.8 Å². The van der Waals surface area contributed by atoms with Crippen molar-refractivity contribution in [3.63, 3.8) is 0 Å². The normalized spacial score (nSPS) is 26.1. The van der Waals surface area contributed by atoms with Crippen LogP contribution < -0.4 is 5.73 Å². The fourth-order valence-corrected chi connectivity index (χ4v) is 3.88. The van der Waals surface area contributed by atoms with E-state index < -0.39 is 10.0 Å². The van der Waals surface area contributed by atoms with Gasteiger partial charge in [0.1, 0.15) is 0 Å². The lowest BCUT2D eigenvalue weighted by Crippen LogP contribution is -2.42. The molecule has 1 aliphatic heterocycles. The molecule has 0 amide bonds. The molecule has 100 valence electrons. The Kier molecular flexibility index (Phi) is 3.64. The Morgan fingerprint density at radius 2 is 2.00 bits per heavy atom. The van der Waals surface area contributed by atoms with Crippen molar-refractivity contribution >= 4 is 15.7 Å². The van der Waals surface area contributed by atoms with Crippen LogP contribution in [0.25, 0.3) is 0 Å². The zero-order valence-electron chi connectivity index (χ0n) is 10.8. The number of nitrogens with zero attached hydrogens (tertiary/aromatic N) is 1. The van der Waals surface area contributed by atoms with Gasteiger partial charge in [-0.1, -0.05) is 19.9 Å². The second kappa shape index (κ2) is 4.90. The van der Waals surface area contributed by atoms with Crippen molar-refractivity contribution in [2.45, 2.75) is 25.2 Å². The van der Waals surface area contributed by atoms with Crippen LogP contribution in [0.3, 0.4) is 0 Å². The van der Waals surface area contributed by atoms with Gasteiger partial charge in [-0.2, -0.15) is 4.31 Å². The molecule has 1 aliphatic rings. The lowest BCUT2D eigenvalue weighted by molar-refractivity contribution is 0.212. The number of hydrogen-bond donors (Lipinski definition) is 1. The van der Waals surface area contributed by atoms with Gasteiger partial charge in [0.15, 0.2) is 0 Å². The molecule has 2 unspecified atom stereocenters. The van der Waals surface area contributed by atoms with E-state index in [-0.39, 0.29) is 0 Å². The van der Waals surface area contributed by atoms with E-state index >= 15 is 0 Å². The maximum Gasteiger partial charge on any atom is 0.243 e. The van der Waals surface area contributed by atoms with E-state index in [0.717, 1.165) is 6.42 Å². The highest BCUT2D eigenvalue weighted by Gasteiger charge is 2.31. The third-order valence-corrected chi connectivity index (χ3v) is 5.65. The highest BCUT2D eigenvalue weighted by Crippen LogP contribution is 2.27. The minimum atomic E-state index is -3.39. The molecule has 0 spiro atoms. The molecular weight excluding hydrogens is 248 g/mol. The second-order valence-electron chi connectivity index (χ2n) is 5.18. The molecule has 2 rings (SSSR count). The van der Waals surface area contributed by atoms with Gasteiger partial charge in [-0.25, -0.2) is 8.42 Å². The smallest absolute Gasteiger partial charge is 0.243 e. The van der Waals surface area contributed by atoms with E-state index in [1.807, 2.05) is 0 Å². The first-order valence-corrected chi connectivity index (χ1v) is 7.71. The second-order valence-corrected chi connectivity index (χ2v) is 7.12. The number of hydrogen-bond acceptors (Lipinski definition) is 3. The molecule has 5 heteroatoms. The van der Waals surface area contributed by atoms with E-state index in [0.29, 0.717) is 35.5 Å². The average molecular weight is 268 g/mol. The van der Waals surface area contributed by atoms with Gasteiger partial charge in [0.25, 0.3) is 0 Å². The maximum atomic E-state index is 12.5. The van der Waals surface area contributed by atoms with Gasteiger partial charge < -0.3 is 5.73 Å². The summed E-state index contributed by atoms with van der Waals surface area (Å²) in [6, 6.07) is 6.50. The molecule has 1 aromatic rings. The van der Waals surface area contributed by atoms with Crippen LogP contribution in [0.5, 0.6) is 0 Å². The summed E-state index contributed by atoms with van der Waals surface area (Å²) in [5.41, 5.74) is 6.13. The minimum Gasteiger partial charge on any atom is -0.399 e. The molecule has 2 N–H and O–H groups in total. The Hall–Kier alpha value is -1.07. The van der Waals surface area contributed by atoms with Crippen LogP contribution >= 0.6 is 0 Å². The van der Waals surface area contributed by atoms with Crippen molar-refractivity contribution in [3.8, 4) is 0 Å². The molecular formula is C13H20N2O2S. The van der Waals surface area contributed by atoms with Crippen molar-refractivity contribution in [2.75, 3.05) is 18.8 Å². The Morgan fingerprint density at radius 1 is 1.28 bits per heavy atom. The largest absolute Gasteiger partial charge is 0.399 e. The first-order chi connectivity index (χ1) is 8.41. The fraction of sp³-hybridized carbons (Fsp3) is 0.538. The molecule has 1 saturated heterocycles. The maximum absolute atomic E-state index is 12.5. The fourth-order valence-electron chi connectivity index (χ4n) is 2.27. The number of benzene rings is 1. The molecule has 0 radical (unpaired) electrons. The van der Waals surface area contributed by atoms with Gasteiger partial charge in [-0.15, -0.1) is 0 Å². The minimum absolute atomic E-state index is 0.296. The molecule has 1 fully saturated rings. The molecule has 0 bridgehead atoms. The molecule has 2 atom stereocenters. The van der Waals surface area contributed by atoms with E-state index in [9.17, 15) is 8.42 Å². The van der Waals surface area contributed by atoms with E-state index in [1.54, 1.807) is 22.5 Å². The number of anilines is 1. The summed E-state index contributed by atoms with van der Waals surface area (Å²) in [6.45, 7) is 5.47. The van der Waals surface area contributed by atoms with Crippen molar-refractivity contribution in [2.24, 2.45) is 11.8 Å². The Morgan fingerprint density at radius 3 is 2.61 bits per heavy atom. The quantitative estimate of drug-likeness (QED) is 0.834. The van der Waals surface area contributed by atoms with E-state index in [1.165, 1.54) is 6.07 Å². The van der Waals surface area contributed by atoms with Gasteiger partial charge in [0.2, 0.25) is 10.0 Å². The van der Waals surface area contributed by atoms with Crippen LogP contribution in [-0.2, 0) is 10.0 Å². The van der Waals surface area contributed by atoms with Crippen LogP contribution in [0.15, 0.2) is 29.2 Å². The lowest BCUT2D eigenvalue weighted by atomic mass is 9.90. The molecule has 0 saturated carbocycles. The summed E-state index contributed by atoms with van der Waals surface area (Å²) < 4.78 is 26.5. The van der Waals surface area contributed by atoms with Crippen LogP contribution in [0.1, 0.15) is 20.3 Å². The Balaban J connectivity index is 2.27. The van der Waals surface area contributed by atoms with Gasteiger partial charge in [0, 0.05) is 18.8 Å². The topological polar surface area (TPSA) is 63.4 Å². The van der Waals surface area contributed by atoms with Gasteiger partial charge in [-0.3, -0.25) is 0 Å². The van der Waals surface area contributed by atoms with Crippen molar-refractivity contribution < 1.29 is 8.42 Å². The molecule has 18 heavy (non-hydrogen) atoms. The zero-order chi connectivity index (χ0) is 13.3. The molecule has 1 aromatic carbocycles. The number of sulfonamides is 1. The summed E-state index contributed by atoms with van der Waals surface area (Å²) in [7, 11) is -3.39. The average Bonchev–Trinajstić information content (AvgIpc) is 2.32. The zero-order valence-corrected chi connectivity index (χ0v) is 11.7. The monoisotopic (exact) mass is 268 g/mol. The van der Waals surface area contributed by atoms with Crippen LogP contribution in [0, 0.1) is 11.8 Å². The van der Waals surface area contributed by atoms with Gasteiger partial charge >= 0.3 is 0 Å². The predicted octanol–water partition coefficient (Wildman–Crippen LogP) is 1.94. The molecule has 1 heterocycles. The van der Waals surface area contributed by atoms with Crippen LogP contribution in [0.4, 0.5) is 5.69 Å². The summed E-state index contributed by atoms with van der Waals surface area (Å²) in [4.78, 5) is 0.296. The van der Waals surface area contributed by atoms with Crippen LogP contribution in [0.2, 0.25) is 0 Å². The van der Waals surface area contributed by atoms with Crippen molar-refractivity contribution in [1.82, 2.24) is 4.31 Å². The molecule has 4 nitrogen and oxygen atoms in total. The standard InChI is InChI=1S/C13H20N2O2S/c1-10-6-7-15(9-11(10)2)18(16,17)13-5-3-4-12(14)8-13/h3-5,8,10-11H,6-7,9,14H2,1-2H3. The number of nitrogen functional groups attached to an aromatic ring is 1. The number of piperidine rings is 1. The van der Waals surface area contributed by atoms with Crippen molar-refractivity contribution in [3.05, 3.63) is 24.3 Å². The Labute approximate surface area is 109 Å². The Bertz CT molecular complexity index is 528. The SMILES string of the molecule is CC1CCN(S(=O)(=O)c2cccc(N)c2)CC1C. The highest BCUT2D eigenvalue weighted by atomic mass is 32.2. The first-order valence-electron chi connectivity index (χ1n) is 6.27. The predicted molar refractivity (Wildman–Crippen MR) is 72.6 cm³/mol. The van der Waals surface area contributed by atoms with E-state index in [2.05, 4.69) is 13.8 Å². The summed E-state index contributed by atoms with van der Waals surface area (Å²) in [5, 5.41) is 0. The van der Waals surface area contributed by atoms with E-state index in [4.69, 9.17) is 5.73 Å². The third-order valence-electron chi connectivity index (χ3n) is 3.79. The first kappa shape index (κ1) is 13.4. The lowest BCUT2D eigenvalue weighted by Gasteiger charge is -2.34. The van der Waals surface area contributed by atoms with Gasteiger partial charge in [-0.05, 0) is 36.5 Å². The summed E-state index contributed by atoms with van der Waals surface area (Å²) >= 11 is 0. The van der Waals surface area contributed by atoms with Gasteiger partial charge in [0.05, 0.1) is 4.90 Å². The number of rotatable bonds is 2. The highest BCUT2D eigenvalue weighted by molar-refractivity contribution is 7.89.